The van der Waals surface area contributed by atoms with Crippen molar-refractivity contribution in [3.8, 4) is 0 Å². The summed E-state index contributed by atoms with van der Waals surface area (Å²) in [5, 5.41) is 13.0. The van der Waals surface area contributed by atoms with E-state index in [0.717, 1.165) is 12.2 Å². The quantitative estimate of drug-likeness (QED) is 0.816. The van der Waals surface area contributed by atoms with Gasteiger partial charge in [-0.2, -0.15) is 23.1 Å². The Kier molecular flexibility index (Phi) is 5.04. The Morgan fingerprint density at radius 1 is 1.71 bits per heavy atom. The van der Waals surface area contributed by atoms with Crippen LogP contribution in [0.3, 0.4) is 0 Å². The maximum atomic E-state index is 10.4. The largest absolute Gasteiger partial charge is 0.481 e. The van der Waals surface area contributed by atoms with Crippen molar-refractivity contribution in [2.45, 2.75) is 25.0 Å². The Morgan fingerprint density at radius 2 is 2.50 bits per heavy atom. The predicted molar refractivity (Wildman–Crippen MR) is 62.2 cm³/mol. The van der Waals surface area contributed by atoms with Gasteiger partial charge in [0.15, 0.2) is 0 Å². The van der Waals surface area contributed by atoms with Gasteiger partial charge in [0.05, 0.1) is 6.42 Å². The lowest BCUT2D eigenvalue weighted by molar-refractivity contribution is -0.136. The normalized spacial score (nSPS) is 12.6. The van der Waals surface area contributed by atoms with Crippen LogP contribution in [0.1, 0.15) is 18.9 Å². The number of hydrogen-bond donors (Lipinski definition) is 1. The van der Waals surface area contributed by atoms with Crippen molar-refractivity contribution < 1.29 is 9.90 Å². The minimum absolute atomic E-state index is 0.214. The van der Waals surface area contributed by atoms with Crippen LogP contribution in [-0.4, -0.2) is 22.1 Å². The molecule has 1 rings (SSSR count). The zero-order valence-electron chi connectivity index (χ0n) is 8.10. The summed E-state index contributed by atoms with van der Waals surface area (Å²) in [4.78, 5) is 10.4. The summed E-state index contributed by atoms with van der Waals surface area (Å²) in [6.07, 6.45) is 1.30. The topological polar surface area (TPSA) is 37.3 Å². The van der Waals surface area contributed by atoms with E-state index in [1.807, 2.05) is 6.92 Å². The SMILES string of the molecule is CC(CC(=O)O)SCCc1ccsc1. The minimum atomic E-state index is -0.708. The monoisotopic (exact) mass is 230 g/mol. The zero-order valence-corrected chi connectivity index (χ0v) is 9.74. The predicted octanol–water partition coefficient (Wildman–Crippen LogP) is 2.89. The highest BCUT2D eigenvalue weighted by atomic mass is 32.2. The van der Waals surface area contributed by atoms with E-state index < -0.39 is 5.97 Å². The maximum Gasteiger partial charge on any atom is 0.304 e. The summed E-state index contributed by atoms with van der Waals surface area (Å²) in [6.45, 7) is 1.96. The van der Waals surface area contributed by atoms with Crippen LogP contribution in [0.2, 0.25) is 0 Å². The molecule has 4 heteroatoms. The van der Waals surface area contributed by atoms with Crippen molar-refractivity contribution in [2.75, 3.05) is 5.75 Å². The van der Waals surface area contributed by atoms with Gasteiger partial charge in [-0.25, -0.2) is 0 Å². The second-order valence-corrected chi connectivity index (χ2v) is 5.49. The lowest BCUT2D eigenvalue weighted by Crippen LogP contribution is -2.06. The van der Waals surface area contributed by atoms with Crippen LogP contribution in [0.15, 0.2) is 16.8 Å². The lowest BCUT2D eigenvalue weighted by atomic mass is 10.3. The molecule has 0 aliphatic carbocycles. The summed E-state index contributed by atoms with van der Waals surface area (Å²) in [5.41, 5.74) is 1.35. The first-order valence-electron chi connectivity index (χ1n) is 4.53. The van der Waals surface area contributed by atoms with Crippen molar-refractivity contribution >= 4 is 29.1 Å². The van der Waals surface area contributed by atoms with Gasteiger partial charge >= 0.3 is 5.97 Å². The molecule has 0 radical (unpaired) electrons. The van der Waals surface area contributed by atoms with Crippen LogP contribution < -0.4 is 0 Å². The number of thiophene rings is 1. The van der Waals surface area contributed by atoms with Crippen molar-refractivity contribution in [1.82, 2.24) is 0 Å². The van der Waals surface area contributed by atoms with Crippen molar-refractivity contribution in [1.29, 1.82) is 0 Å². The third-order valence-corrected chi connectivity index (χ3v) is 3.74. The second kappa shape index (κ2) is 6.09. The second-order valence-electron chi connectivity index (χ2n) is 3.16. The fourth-order valence-electron chi connectivity index (χ4n) is 1.12. The van der Waals surface area contributed by atoms with Gasteiger partial charge < -0.3 is 5.11 Å². The molecule has 1 aromatic heterocycles. The Balaban J connectivity index is 2.12. The number of carboxylic acids is 1. The molecule has 1 atom stereocenters. The minimum Gasteiger partial charge on any atom is -0.481 e. The van der Waals surface area contributed by atoms with Gasteiger partial charge in [-0.1, -0.05) is 6.92 Å². The van der Waals surface area contributed by atoms with E-state index in [-0.39, 0.29) is 11.7 Å². The van der Waals surface area contributed by atoms with Crippen LogP contribution in [-0.2, 0) is 11.2 Å². The molecule has 0 saturated heterocycles. The third kappa shape index (κ3) is 4.67. The van der Waals surface area contributed by atoms with E-state index in [1.165, 1.54) is 5.56 Å². The first kappa shape index (κ1) is 11.6. The van der Waals surface area contributed by atoms with Gasteiger partial charge in [0, 0.05) is 5.25 Å². The number of carbonyl (C=O) groups is 1. The molecular formula is C10H14O2S2. The van der Waals surface area contributed by atoms with E-state index in [9.17, 15) is 4.79 Å². The molecule has 14 heavy (non-hydrogen) atoms. The average molecular weight is 230 g/mol. The van der Waals surface area contributed by atoms with Gasteiger partial charge in [-0.3, -0.25) is 4.79 Å². The van der Waals surface area contributed by atoms with Crippen LogP contribution in [0.25, 0.3) is 0 Å². The maximum absolute atomic E-state index is 10.4. The van der Waals surface area contributed by atoms with Crippen LogP contribution in [0.5, 0.6) is 0 Å². The molecule has 0 bridgehead atoms. The smallest absolute Gasteiger partial charge is 0.304 e. The summed E-state index contributed by atoms with van der Waals surface area (Å²) in [6, 6.07) is 2.12. The molecule has 1 aromatic rings. The molecule has 0 aromatic carbocycles. The van der Waals surface area contributed by atoms with Crippen molar-refractivity contribution in [2.24, 2.45) is 0 Å². The van der Waals surface area contributed by atoms with Crippen molar-refractivity contribution in [3.63, 3.8) is 0 Å². The number of carboxylic acid groups (broad SMARTS) is 1. The molecule has 1 N–H and O–H groups in total. The van der Waals surface area contributed by atoms with Crippen molar-refractivity contribution in [3.05, 3.63) is 22.4 Å². The molecule has 78 valence electrons. The van der Waals surface area contributed by atoms with Crippen LogP contribution >= 0.6 is 23.1 Å². The highest BCUT2D eigenvalue weighted by molar-refractivity contribution is 7.99. The molecule has 0 saturated carbocycles. The Labute approximate surface area is 92.3 Å². The standard InChI is InChI=1S/C10H14O2S2/c1-8(6-10(11)12)14-5-3-9-2-4-13-7-9/h2,4,7-8H,3,5-6H2,1H3,(H,11,12). The van der Waals surface area contributed by atoms with E-state index in [4.69, 9.17) is 5.11 Å². The molecule has 0 aliphatic rings. The molecule has 0 fully saturated rings. The number of rotatable bonds is 6. The van der Waals surface area contributed by atoms with E-state index in [2.05, 4.69) is 16.8 Å². The number of hydrogen-bond acceptors (Lipinski definition) is 3. The average Bonchev–Trinajstić information content (AvgIpc) is 2.55. The molecule has 2 nitrogen and oxygen atoms in total. The van der Waals surface area contributed by atoms with Gasteiger partial charge in [-0.05, 0) is 34.6 Å². The van der Waals surface area contributed by atoms with Gasteiger partial charge in [0.1, 0.15) is 0 Å². The fourth-order valence-corrected chi connectivity index (χ4v) is 2.84. The molecular weight excluding hydrogens is 216 g/mol. The summed E-state index contributed by atoms with van der Waals surface area (Å²) in [7, 11) is 0. The van der Waals surface area contributed by atoms with Crippen LogP contribution in [0, 0.1) is 0 Å². The summed E-state index contributed by atoms with van der Waals surface area (Å²) < 4.78 is 0. The molecule has 0 aliphatic heterocycles. The highest BCUT2D eigenvalue weighted by Crippen LogP contribution is 2.16. The van der Waals surface area contributed by atoms with Crippen LogP contribution in [0.4, 0.5) is 0 Å². The van der Waals surface area contributed by atoms with E-state index in [0.29, 0.717) is 0 Å². The molecule has 1 heterocycles. The first-order valence-corrected chi connectivity index (χ1v) is 6.52. The van der Waals surface area contributed by atoms with Gasteiger partial charge in [0.2, 0.25) is 0 Å². The number of aryl methyl sites for hydroxylation is 1. The molecule has 1 unspecified atom stereocenters. The van der Waals surface area contributed by atoms with Gasteiger partial charge in [0.25, 0.3) is 0 Å². The summed E-state index contributed by atoms with van der Waals surface area (Å²) >= 11 is 3.43. The molecule has 0 spiro atoms. The number of thioether (sulfide) groups is 1. The molecule has 0 amide bonds. The third-order valence-electron chi connectivity index (χ3n) is 1.84. The first-order chi connectivity index (χ1) is 6.68. The lowest BCUT2D eigenvalue weighted by Gasteiger charge is -2.07. The Hall–Kier alpha value is -0.480. The van der Waals surface area contributed by atoms with E-state index >= 15 is 0 Å². The van der Waals surface area contributed by atoms with E-state index in [1.54, 1.807) is 23.1 Å². The Bertz CT molecular complexity index is 270. The Morgan fingerprint density at radius 3 is 3.07 bits per heavy atom. The highest BCUT2D eigenvalue weighted by Gasteiger charge is 2.07. The zero-order chi connectivity index (χ0) is 10.4. The number of aliphatic carboxylic acids is 1. The van der Waals surface area contributed by atoms with Gasteiger partial charge in [-0.15, -0.1) is 0 Å². The summed E-state index contributed by atoms with van der Waals surface area (Å²) in [5.74, 6) is 0.297. The fraction of sp³-hybridized carbons (Fsp3) is 0.500.